The van der Waals surface area contributed by atoms with Crippen molar-refractivity contribution in [1.29, 1.82) is 0 Å². The zero-order valence-electron chi connectivity index (χ0n) is 16.6. The second-order valence-electron chi connectivity index (χ2n) is 8.57. The molecule has 5 rings (SSSR count). The third kappa shape index (κ3) is 3.78. The molecule has 2 aromatic rings. The first-order valence-corrected chi connectivity index (χ1v) is 10.3. The summed E-state index contributed by atoms with van der Waals surface area (Å²) < 4.78 is 67.8. The maximum atomic E-state index is 13.4. The van der Waals surface area contributed by atoms with Crippen molar-refractivity contribution in [1.82, 2.24) is 24.7 Å². The van der Waals surface area contributed by atoms with Crippen LogP contribution in [0.1, 0.15) is 24.2 Å². The fraction of sp³-hybridized carbons (Fsp3) is 0.600. The average Bonchev–Trinajstić information content (AvgIpc) is 3.41. The Balaban J connectivity index is 1.27. The molecule has 11 heteroatoms. The van der Waals surface area contributed by atoms with Crippen molar-refractivity contribution in [3.63, 3.8) is 0 Å². The number of nitrogens with one attached hydrogen (secondary N) is 1. The van der Waals surface area contributed by atoms with Gasteiger partial charge in [-0.25, -0.2) is 13.8 Å². The van der Waals surface area contributed by atoms with E-state index < -0.39 is 30.2 Å². The third-order valence-corrected chi connectivity index (χ3v) is 6.51. The molecule has 0 spiro atoms. The molecule has 1 N–H and O–H groups in total. The van der Waals surface area contributed by atoms with Gasteiger partial charge in [-0.1, -0.05) is 0 Å². The van der Waals surface area contributed by atoms with Crippen LogP contribution in [0.4, 0.5) is 22.0 Å². The molecule has 0 unspecified atom stereocenters. The summed E-state index contributed by atoms with van der Waals surface area (Å²) in [6, 6.07) is 3.15. The minimum Gasteiger partial charge on any atom is -0.335 e. The highest BCUT2D eigenvalue weighted by Crippen LogP contribution is 2.33. The van der Waals surface area contributed by atoms with Crippen LogP contribution in [0.5, 0.6) is 0 Å². The zero-order chi connectivity index (χ0) is 22.0. The van der Waals surface area contributed by atoms with E-state index in [2.05, 4.69) is 15.2 Å². The van der Waals surface area contributed by atoms with E-state index in [4.69, 9.17) is 0 Å². The van der Waals surface area contributed by atoms with Crippen molar-refractivity contribution < 1.29 is 26.7 Å². The average molecular weight is 443 g/mol. The van der Waals surface area contributed by atoms with E-state index in [1.165, 1.54) is 11.0 Å². The first-order chi connectivity index (χ1) is 14.6. The quantitative estimate of drug-likeness (QED) is 0.725. The Morgan fingerprint density at radius 2 is 2.00 bits per heavy atom. The smallest absolute Gasteiger partial charge is 0.335 e. The number of carbonyl (C=O) groups excluding carboxylic acids is 1. The lowest BCUT2D eigenvalue weighted by Crippen LogP contribution is -2.43. The standard InChI is InChI=1S/C20H22F5N5O/c21-19(22)3-4-29(11-19)18(31)15-8-13(9-26-15)28-5-6-30-16-2-1-12(20(23,24)25)7-14(16)27-17(30)10-28/h1-2,7,13,15,26H,3-6,8-11H2/t13-,15-/m0/s1. The van der Waals surface area contributed by atoms with Gasteiger partial charge in [-0.05, 0) is 24.6 Å². The summed E-state index contributed by atoms with van der Waals surface area (Å²) in [4.78, 5) is 20.4. The summed E-state index contributed by atoms with van der Waals surface area (Å²) in [5.74, 6) is -2.41. The van der Waals surface area contributed by atoms with E-state index in [1.54, 1.807) is 0 Å². The fourth-order valence-corrected chi connectivity index (χ4v) is 4.85. The number of carbonyl (C=O) groups is 1. The van der Waals surface area contributed by atoms with Gasteiger partial charge in [-0.15, -0.1) is 0 Å². The molecule has 3 aliphatic rings. The number of imidazole rings is 1. The van der Waals surface area contributed by atoms with E-state index in [1.807, 2.05) is 4.57 Å². The Kier molecular flexibility index (Phi) is 4.74. The maximum absolute atomic E-state index is 13.4. The van der Waals surface area contributed by atoms with Gasteiger partial charge in [0.2, 0.25) is 5.91 Å². The van der Waals surface area contributed by atoms with Crippen molar-refractivity contribution in [2.45, 2.75) is 50.1 Å². The second-order valence-corrected chi connectivity index (χ2v) is 8.57. The summed E-state index contributed by atoms with van der Waals surface area (Å²) >= 11 is 0. The molecule has 0 saturated carbocycles. The highest BCUT2D eigenvalue weighted by atomic mass is 19.4. The van der Waals surface area contributed by atoms with Crippen LogP contribution in [-0.4, -0.2) is 69.4 Å². The van der Waals surface area contributed by atoms with Gasteiger partial charge in [0.15, 0.2) is 0 Å². The number of fused-ring (bicyclic) bond motifs is 3. The number of hydrogen-bond donors (Lipinski definition) is 1. The molecule has 0 aliphatic carbocycles. The number of alkyl halides is 5. The number of halogens is 5. The minimum atomic E-state index is -4.42. The first kappa shape index (κ1) is 20.6. The topological polar surface area (TPSA) is 53.4 Å². The zero-order valence-corrected chi connectivity index (χ0v) is 16.6. The Bertz CT molecular complexity index is 1020. The van der Waals surface area contributed by atoms with Crippen molar-refractivity contribution >= 4 is 16.9 Å². The largest absolute Gasteiger partial charge is 0.416 e. The molecule has 1 aromatic heterocycles. The molecular formula is C20H22F5N5O. The van der Waals surface area contributed by atoms with Gasteiger partial charge in [0.05, 0.1) is 35.7 Å². The molecule has 6 nitrogen and oxygen atoms in total. The Labute approximate surface area is 175 Å². The van der Waals surface area contributed by atoms with Gasteiger partial charge in [0.25, 0.3) is 5.92 Å². The molecule has 168 valence electrons. The monoisotopic (exact) mass is 443 g/mol. The van der Waals surface area contributed by atoms with Gasteiger partial charge in [-0.3, -0.25) is 9.69 Å². The van der Waals surface area contributed by atoms with Crippen molar-refractivity contribution in [2.24, 2.45) is 0 Å². The molecular weight excluding hydrogens is 421 g/mol. The van der Waals surface area contributed by atoms with E-state index in [0.29, 0.717) is 49.5 Å². The molecule has 2 atom stereocenters. The normalized spacial score (nSPS) is 26.5. The lowest BCUT2D eigenvalue weighted by Gasteiger charge is -2.32. The lowest BCUT2D eigenvalue weighted by molar-refractivity contribution is -0.137. The third-order valence-electron chi connectivity index (χ3n) is 6.51. The van der Waals surface area contributed by atoms with E-state index in [-0.39, 0.29) is 24.9 Å². The molecule has 3 aliphatic heterocycles. The number of nitrogens with zero attached hydrogens (tertiary/aromatic N) is 4. The van der Waals surface area contributed by atoms with Crippen LogP contribution in [0.2, 0.25) is 0 Å². The van der Waals surface area contributed by atoms with Crippen molar-refractivity contribution in [3.05, 3.63) is 29.6 Å². The van der Waals surface area contributed by atoms with Gasteiger partial charge in [-0.2, -0.15) is 13.2 Å². The first-order valence-electron chi connectivity index (χ1n) is 10.3. The summed E-state index contributed by atoms with van der Waals surface area (Å²) in [7, 11) is 0. The molecule has 4 heterocycles. The van der Waals surface area contributed by atoms with E-state index >= 15 is 0 Å². The summed E-state index contributed by atoms with van der Waals surface area (Å²) in [6.45, 7) is 1.83. The van der Waals surface area contributed by atoms with Crippen LogP contribution in [0, 0.1) is 0 Å². The molecule has 31 heavy (non-hydrogen) atoms. The van der Waals surface area contributed by atoms with Crippen LogP contribution < -0.4 is 5.32 Å². The highest BCUT2D eigenvalue weighted by Gasteiger charge is 2.44. The Hall–Kier alpha value is -2.27. The Morgan fingerprint density at radius 1 is 1.19 bits per heavy atom. The number of likely N-dealkylation sites (tertiary alicyclic amines) is 1. The van der Waals surface area contributed by atoms with Crippen molar-refractivity contribution in [3.8, 4) is 0 Å². The highest BCUT2D eigenvalue weighted by molar-refractivity contribution is 5.82. The number of benzene rings is 1. The molecule has 1 aromatic carbocycles. The second kappa shape index (κ2) is 7.13. The molecule has 0 radical (unpaired) electrons. The van der Waals surface area contributed by atoms with Gasteiger partial charge in [0, 0.05) is 38.6 Å². The van der Waals surface area contributed by atoms with Crippen LogP contribution in [-0.2, 0) is 24.1 Å². The number of amides is 1. The number of aromatic nitrogens is 2. The van der Waals surface area contributed by atoms with Crippen LogP contribution >= 0.6 is 0 Å². The number of hydrogen-bond acceptors (Lipinski definition) is 4. The van der Waals surface area contributed by atoms with E-state index in [9.17, 15) is 26.7 Å². The molecule has 2 fully saturated rings. The van der Waals surface area contributed by atoms with E-state index in [0.717, 1.165) is 12.1 Å². The van der Waals surface area contributed by atoms with Crippen LogP contribution in [0.3, 0.4) is 0 Å². The van der Waals surface area contributed by atoms with Crippen molar-refractivity contribution in [2.75, 3.05) is 26.2 Å². The van der Waals surface area contributed by atoms with Crippen LogP contribution in [0.15, 0.2) is 18.2 Å². The maximum Gasteiger partial charge on any atom is 0.416 e. The molecule has 0 bridgehead atoms. The van der Waals surface area contributed by atoms with Crippen LogP contribution in [0.25, 0.3) is 11.0 Å². The SMILES string of the molecule is O=C([C@@H]1C[C@H](N2CCn3c(nc4cc(C(F)(F)F)ccc43)C2)CN1)N1CCC(F)(F)C1. The Morgan fingerprint density at radius 3 is 2.71 bits per heavy atom. The summed E-state index contributed by atoms with van der Waals surface area (Å²) in [6.07, 6.45) is -4.20. The molecule has 2 saturated heterocycles. The number of rotatable bonds is 2. The predicted octanol–water partition coefficient (Wildman–Crippen LogP) is 2.47. The molecule has 1 amide bonds. The van der Waals surface area contributed by atoms with Gasteiger partial charge >= 0.3 is 6.18 Å². The van der Waals surface area contributed by atoms with Gasteiger partial charge in [0.1, 0.15) is 5.82 Å². The lowest BCUT2D eigenvalue weighted by atomic mass is 10.1. The van der Waals surface area contributed by atoms with Gasteiger partial charge < -0.3 is 14.8 Å². The predicted molar refractivity (Wildman–Crippen MR) is 101 cm³/mol. The minimum absolute atomic E-state index is 0.0383. The summed E-state index contributed by atoms with van der Waals surface area (Å²) in [5.41, 5.74) is 0.274. The summed E-state index contributed by atoms with van der Waals surface area (Å²) in [5, 5.41) is 3.15. The fourth-order valence-electron chi connectivity index (χ4n) is 4.85.